The molecule has 3 nitrogen and oxygen atoms in total. The van der Waals surface area contributed by atoms with Crippen LogP contribution in [0.2, 0.25) is 0 Å². The molecule has 0 amide bonds. The number of halogens is 3. The lowest BCUT2D eigenvalue weighted by Crippen LogP contribution is -2.30. The molecule has 0 rings (SSSR count). The van der Waals surface area contributed by atoms with Crippen molar-refractivity contribution in [2.45, 2.75) is 12.6 Å². The van der Waals surface area contributed by atoms with Crippen LogP contribution in [-0.2, 0) is 9.59 Å². The number of hydrogen-bond acceptors (Lipinski definition) is 2. The molecular formula is C4H3F3O3. The number of carbonyl (C=O) groups is 2. The lowest BCUT2D eigenvalue weighted by Gasteiger charge is -1.98. The van der Waals surface area contributed by atoms with Gasteiger partial charge in [-0.25, -0.2) is 18.0 Å². The molecule has 0 spiro atoms. The zero-order chi connectivity index (χ0) is 8.31. The molecule has 58 valence electrons. The number of rotatable bonds is 3. The first-order valence-electron chi connectivity index (χ1n) is 2.15. The van der Waals surface area contributed by atoms with Crippen LogP contribution in [0.25, 0.3) is 0 Å². The molecule has 0 aromatic heterocycles. The first-order valence-corrected chi connectivity index (χ1v) is 2.15. The third-order valence-electron chi connectivity index (χ3n) is 0.682. The van der Waals surface area contributed by atoms with Gasteiger partial charge in [-0.2, -0.15) is 0 Å². The molecule has 1 N–H and O–H groups in total. The third kappa shape index (κ3) is 2.04. The molecule has 0 aromatic carbocycles. The Balaban J connectivity index is 4.08. The van der Waals surface area contributed by atoms with Crippen molar-refractivity contribution in [2.24, 2.45) is 0 Å². The highest BCUT2D eigenvalue weighted by atomic mass is 19.3. The van der Waals surface area contributed by atoms with Crippen molar-refractivity contribution in [2.75, 3.05) is 0 Å². The highest BCUT2D eigenvalue weighted by Gasteiger charge is 2.32. The van der Waals surface area contributed by atoms with E-state index in [1.807, 2.05) is 0 Å². The van der Waals surface area contributed by atoms with Gasteiger partial charge in [0.25, 0.3) is 12.6 Å². The topological polar surface area (TPSA) is 54.4 Å². The van der Waals surface area contributed by atoms with Crippen molar-refractivity contribution in [1.82, 2.24) is 0 Å². The van der Waals surface area contributed by atoms with Crippen molar-refractivity contribution in [3.63, 3.8) is 0 Å². The number of aliphatic carboxylic acids is 1. The van der Waals surface area contributed by atoms with Crippen molar-refractivity contribution in [1.29, 1.82) is 0 Å². The fourth-order valence-electron chi connectivity index (χ4n) is 0.232. The molecule has 10 heavy (non-hydrogen) atoms. The summed E-state index contributed by atoms with van der Waals surface area (Å²) in [5, 5.41) is 7.67. The van der Waals surface area contributed by atoms with Gasteiger partial charge < -0.3 is 5.11 Å². The minimum atomic E-state index is -3.56. The highest BCUT2D eigenvalue weighted by molar-refractivity contribution is 6.02. The SMILES string of the molecule is O=C(O)C(F)C(=O)C(F)F. The number of alkyl halides is 3. The monoisotopic (exact) mass is 156 g/mol. The molecule has 0 aliphatic carbocycles. The molecule has 0 aliphatic rings. The smallest absolute Gasteiger partial charge is 0.346 e. The van der Waals surface area contributed by atoms with E-state index in [2.05, 4.69) is 0 Å². The first kappa shape index (κ1) is 8.93. The van der Waals surface area contributed by atoms with Gasteiger partial charge in [0.15, 0.2) is 0 Å². The zero-order valence-corrected chi connectivity index (χ0v) is 4.55. The van der Waals surface area contributed by atoms with Gasteiger partial charge in [0.2, 0.25) is 5.78 Å². The van der Waals surface area contributed by atoms with Crippen LogP contribution in [0.1, 0.15) is 0 Å². The summed E-state index contributed by atoms with van der Waals surface area (Å²) in [4.78, 5) is 19.3. The fourth-order valence-corrected chi connectivity index (χ4v) is 0.232. The lowest BCUT2D eigenvalue weighted by molar-refractivity contribution is -0.151. The summed E-state index contributed by atoms with van der Waals surface area (Å²) < 4.78 is 34.1. The van der Waals surface area contributed by atoms with Crippen LogP contribution < -0.4 is 0 Å². The Morgan fingerprint density at radius 2 is 1.60 bits per heavy atom. The Morgan fingerprint density at radius 3 is 1.70 bits per heavy atom. The van der Waals surface area contributed by atoms with Gasteiger partial charge in [0.05, 0.1) is 0 Å². The minimum Gasteiger partial charge on any atom is -0.479 e. The molecule has 6 heteroatoms. The van der Waals surface area contributed by atoms with Crippen LogP contribution in [0.15, 0.2) is 0 Å². The number of hydrogen-bond donors (Lipinski definition) is 1. The van der Waals surface area contributed by atoms with Crippen molar-refractivity contribution in [3.8, 4) is 0 Å². The summed E-state index contributed by atoms with van der Waals surface area (Å²) in [6.45, 7) is 0. The molecule has 1 unspecified atom stereocenters. The van der Waals surface area contributed by atoms with E-state index < -0.39 is 24.3 Å². The van der Waals surface area contributed by atoms with Gasteiger partial charge >= 0.3 is 5.97 Å². The second-order valence-corrected chi connectivity index (χ2v) is 1.40. The molecule has 0 aromatic rings. The standard InChI is InChI=1S/C4H3F3O3/c5-1(4(9)10)2(8)3(6)7/h1,3H,(H,9,10). The van der Waals surface area contributed by atoms with Crippen LogP contribution in [0.3, 0.4) is 0 Å². The van der Waals surface area contributed by atoms with Crippen LogP contribution in [0.5, 0.6) is 0 Å². The average Bonchev–Trinajstić information content (AvgIpc) is 1.84. The number of ketones is 1. The highest BCUT2D eigenvalue weighted by Crippen LogP contribution is 2.02. The molecule has 0 saturated heterocycles. The van der Waals surface area contributed by atoms with Gasteiger partial charge in [-0.3, -0.25) is 4.79 Å². The molecule has 0 aliphatic heterocycles. The Kier molecular flexibility index (Phi) is 2.85. The fraction of sp³-hybridized carbons (Fsp3) is 0.500. The van der Waals surface area contributed by atoms with Gasteiger partial charge in [-0.05, 0) is 0 Å². The van der Waals surface area contributed by atoms with E-state index in [1.54, 1.807) is 0 Å². The maximum atomic E-state index is 11.7. The average molecular weight is 156 g/mol. The summed E-state index contributed by atoms with van der Waals surface area (Å²) in [6.07, 6.45) is -6.67. The Morgan fingerprint density at radius 1 is 1.20 bits per heavy atom. The number of carboxylic acid groups (broad SMARTS) is 1. The Hall–Kier alpha value is -1.07. The number of carbonyl (C=O) groups excluding carboxylic acids is 1. The Labute approximate surface area is 53.4 Å². The van der Waals surface area contributed by atoms with Crippen LogP contribution in [-0.4, -0.2) is 29.5 Å². The van der Waals surface area contributed by atoms with Crippen LogP contribution >= 0.6 is 0 Å². The maximum absolute atomic E-state index is 11.7. The number of Topliss-reactive ketones (excluding diaryl/α,β-unsaturated/α-hetero) is 1. The maximum Gasteiger partial charge on any atom is 0.346 e. The van der Waals surface area contributed by atoms with Gasteiger partial charge in [-0.15, -0.1) is 0 Å². The normalized spacial score (nSPS) is 13.2. The van der Waals surface area contributed by atoms with Crippen LogP contribution in [0.4, 0.5) is 13.2 Å². The first-order chi connectivity index (χ1) is 4.46. The number of carboxylic acids is 1. The van der Waals surface area contributed by atoms with Crippen molar-refractivity contribution in [3.05, 3.63) is 0 Å². The van der Waals surface area contributed by atoms with Crippen LogP contribution in [0, 0.1) is 0 Å². The summed E-state index contributed by atoms with van der Waals surface area (Å²) in [5.74, 6) is -4.40. The van der Waals surface area contributed by atoms with E-state index in [-0.39, 0.29) is 0 Å². The predicted octanol–water partition coefficient (Wildman–Crippen LogP) is 0.243. The van der Waals surface area contributed by atoms with Gasteiger partial charge in [-0.1, -0.05) is 0 Å². The van der Waals surface area contributed by atoms with Crippen molar-refractivity contribution < 1.29 is 27.9 Å². The van der Waals surface area contributed by atoms with E-state index >= 15 is 0 Å². The molecule has 0 heterocycles. The molecule has 0 fully saturated rings. The molecular weight excluding hydrogens is 153 g/mol. The molecule has 1 atom stereocenters. The predicted molar refractivity (Wildman–Crippen MR) is 23.5 cm³/mol. The van der Waals surface area contributed by atoms with Crippen molar-refractivity contribution >= 4 is 11.8 Å². The van der Waals surface area contributed by atoms with E-state index in [0.717, 1.165) is 0 Å². The Bertz CT molecular complexity index is 156. The second-order valence-electron chi connectivity index (χ2n) is 1.40. The molecule has 0 bridgehead atoms. The summed E-state index contributed by atoms with van der Waals surface area (Å²) in [7, 11) is 0. The summed E-state index contributed by atoms with van der Waals surface area (Å²) in [6, 6.07) is 0. The summed E-state index contributed by atoms with van der Waals surface area (Å²) >= 11 is 0. The zero-order valence-electron chi connectivity index (χ0n) is 4.55. The van der Waals surface area contributed by atoms with E-state index in [0.29, 0.717) is 0 Å². The van der Waals surface area contributed by atoms with Gasteiger partial charge in [0.1, 0.15) is 0 Å². The third-order valence-corrected chi connectivity index (χ3v) is 0.682. The van der Waals surface area contributed by atoms with Gasteiger partial charge in [0, 0.05) is 0 Å². The van der Waals surface area contributed by atoms with E-state index in [4.69, 9.17) is 5.11 Å². The lowest BCUT2D eigenvalue weighted by atomic mass is 10.3. The van der Waals surface area contributed by atoms with E-state index in [9.17, 15) is 22.8 Å². The largest absolute Gasteiger partial charge is 0.479 e. The second kappa shape index (κ2) is 3.19. The summed E-state index contributed by atoms with van der Waals surface area (Å²) in [5.41, 5.74) is 0. The van der Waals surface area contributed by atoms with E-state index in [1.165, 1.54) is 0 Å². The molecule has 0 radical (unpaired) electrons. The minimum absolute atomic E-state index is 2.19. The molecule has 0 saturated carbocycles. The quantitative estimate of drug-likeness (QED) is 0.595.